The lowest BCUT2D eigenvalue weighted by Gasteiger charge is -2.06. The third-order valence-corrected chi connectivity index (χ3v) is 5.18. The zero-order chi connectivity index (χ0) is 19.2. The van der Waals surface area contributed by atoms with Gasteiger partial charge in [-0.05, 0) is 29.3 Å². The minimum Gasteiger partial charge on any atom is -0.489 e. The van der Waals surface area contributed by atoms with Crippen molar-refractivity contribution in [1.29, 1.82) is 0 Å². The summed E-state index contributed by atoms with van der Waals surface area (Å²) in [4.78, 5) is 12.4. The number of hydrogen-bond donors (Lipinski definition) is 1. The first-order chi connectivity index (χ1) is 13.8. The lowest BCUT2D eigenvalue weighted by molar-refractivity contribution is 0.0957. The Morgan fingerprint density at radius 3 is 2.71 bits per heavy atom. The standard InChI is InChI=1S/C23H18N2O2S/c26-23(21-16-28-22-12-5-4-11-20(21)22)25-24-14-18-9-6-10-19(13-18)27-15-17-7-2-1-3-8-17/h1-14,16H,15H2,(H,25,26)/b24-14+. The third-order valence-electron chi connectivity index (χ3n) is 4.21. The first-order valence-corrected chi connectivity index (χ1v) is 9.74. The smallest absolute Gasteiger partial charge is 0.272 e. The molecule has 0 aliphatic carbocycles. The minimum atomic E-state index is -0.217. The molecule has 4 nitrogen and oxygen atoms in total. The molecular weight excluding hydrogens is 368 g/mol. The molecule has 0 saturated carbocycles. The molecule has 0 aliphatic rings. The Hall–Kier alpha value is -3.44. The molecule has 28 heavy (non-hydrogen) atoms. The molecule has 0 spiro atoms. The molecule has 0 saturated heterocycles. The average Bonchev–Trinajstić information content (AvgIpc) is 3.18. The van der Waals surface area contributed by atoms with Crippen LogP contribution in [0.25, 0.3) is 10.1 Å². The summed E-state index contributed by atoms with van der Waals surface area (Å²) < 4.78 is 6.90. The van der Waals surface area contributed by atoms with Gasteiger partial charge < -0.3 is 4.74 Å². The van der Waals surface area contributed by atoms with E-state index in [4.69, 9.17) is 4.74 Å². The lowest BCUT2D eigenvalue weighted by Crippen LogP contribution is -2.17. The number of hydrogen-bond acceptors (Lipinski definition) is 4. The van der Waals surface area contributed by atoms with E-state index in [9.17, 15) is 4.79 Å². The molecule has 0 aliphatic heterocycles. The molecule has 4 rings (SSSR count). The number of nitrogens with one attached hydrogen (secondary N) is 1. The van der Waals surface area contributed by atoms with Crippen molar-refractivity contribution in [1.82, 2.24) is 5.43 Å². The highest BCUT2D eigenvalue weighted by atomic mass is 32.1. The van der Waals surface area contributed by atoms with Crippen LogP contribution >= 0.6 is 11.3 Å². The molecule has 1 aromatic heterocycles. The fourth-order valence-corrected chi connectivity index (χ4v) is 3.75. The van der Waals surface area contributed by atoms with Crippen molar-refractivity contribution >= 4 is 33.5 Å². The van der Waals surface area contributed by atoms with Crippen molar-refractivity contribution in [3.8, 4) is 5.75 Å². The largest absolute Gasteiger partial charge is 0.489 e. The van der Waals surface area contributed by atoms with E-state index in [0.29, 0.717) is 12.2 Å². The number of thiophene rings is 1. The van der Waals surface area contributed by atoms with Gasteiger partial charge in [-0.2, -0.15) is 5.10 Å². The van der Waals surface area contributed by atoms with Crippen molar-refractivity contribution < 1.29 is 9.53 Å². The second kappa shape index (κ2) is 8.50. The Morgan fingerprint density at radius 1 is 1.00 bits per heavy atom. The van der Waals surface area contributed by atoms with Gasteiger partial charge in [0.1, 0.15) is 12.4 Å². The van der Waals surface area contributed by atoms with E-state index in [1.165, 1.54) is 0 Å². The molecular formula is C23H18N2O2S. The minimum absolute atomic E-state index is 0.217. The number of carbonyl (C=O) groups is 1. The molecule has 1 heterocycles. The van der Waals surface area contributed by atoms with Gasteiger partial charge in [0.15, 0.2) is 0 Å². The van der Waals surface area contributed by atoms with Crippen LogP contribution in [-0.4, -0.2) is 12.1 Å². The van der Waals surface area contributed by atoms with Crippen LogP contribution in [0.15, 0.2) is 89.3 Å². The van der Waals surface area contributed by atoms with Crippen LogP contribution in [-0.2, 0) is 6.61 Å². The molecule has 1 amide bonds. The second-order valence-electron chi connectivity index (χ2n) is 6.19. The Morgan fingerprint density at radius 2 is 1.82 bits per heavy atom. The van der Waals surface area contributed by atoms with E-state index >= 15 is 0 Å². The van der Waals surface area contributed by atoms with Gasteiger partial charge in [-0.1, -0.05) is 60.7 Å². The molecule has 0 unspecified atom stereocenters. The summed E-state index contributed by atoms with van der Waals surface area (Å²) in [6.07, 6.45) is 1.61. The fourth-order valence-electron chi connectivity index (χ4n) is 2.80. The highest BCUT2D eigenvalue weighted by molar-refractivity contribution is 7.17. The van der Waals surface area contributed by atoms with E-state index in [2.05, 4.69) is 10.5 Å². The third kappa shape index (κ3) is 4.27. The molecule has 138 valence electrons. The van der Waals surface area contributed by atoms with Gasteiger partial charge in [0, 0.05) is 15.5 Å². The van der Waals surface area contributed by atoms with Gasteiger partial charge in [0.2, 0.25) is 0 Å². The normalized spacial score (nSPS) is 11.0. The summed E-state index contributed by atoms with van der Waals surface area (Å²) in [6.45, 7) is 0.503. The topological polar surface area (TPSA) is 50.7 Å². The number of hydrazone groups is 1. The van der Waals surface area contributed by atoms with E-state index in [1.54, 1.807) is 17.6 Å². The number of benzene rings is 3. The number of ether oxygens (including phenoxy) is 1. The summed E-state index contributed by atoms with van der Waals surface area (Å²) >= 11 is 1.55. The van der Waals surface area contributed by atoms with Crippen molar-refractivity contribution in [3.05, 3.63) is 101 Å². The second-order valence-corrected chi connectivity index (χ2v) is 7.10. The molecule has 0 radical (unpaired) electrons. The molecule has 1 N–H and O–H groups in total. The van der Waals surface area contributed by atoms with E-state index in [-0.39, 0.29) is 5.91 Å². The first kappa shape index (κ1) is 17.9. The SMILES string of the molecule is O=C(N/N=C/c1cccc(OCc2ccccc2)c1)c1csc2ccccc12. The van der Waals surface area contributed by atoms with Gasteiger partial charge in [-0.25, -0.2) is 5.43 Å². The highest BCUT2D eigenvalue weighted by Gasteiger charge is 2.10. The van der Waals surface area contributed by atoms with Crippen molar-refractivity contribution in [3.63, 3.8) is 0 Å². The Bertz CT molecular complexity index is 1120. The number of nitrogens with zero attached hydrogens (tertiary/aromatic N) is 1. The number of fused-ring (bicyclic) bond motifs is 1. The van der Waals surface area contributed by atoms with E-state index < -0.39 is 0 Å². The van der Waals surface area contributed by atoms with Crippen molar-refractivity contribution in [2.45, 2.75) is 6.61 Å². The summed E-state index contributed by atoms with van der Waals surface area (Å²) in [7, 11) is 0. The quantitative estimate of drug-likeness (QED) is 0.364. The van der Waals surface area contributed by atoms with Crippen LogP contribution in [0.2, 0.25) is 0 Å². The van der Waals surface area contributed by atoms with E-state index in [1.807, 2.05) is 84.2 Å². The first-order valence-electron chi connectivity index (χ1n) is 8.86. The summed E-state index contributed by atoms with van der Waals surface area (Å²) in [6, 6.07) is 25.4. The zero-order valence-electron chi connectivity index (χ0n) is 15.0. The van der Waals surface area contributed by atoms with Crippen molar-refractivity contribution in [2.24, 2.45) is 5.10 Å². The molecule has 5 heteroatoms. The van der Waals surface area contributed by atoms with Gasteiger partial charge in [0.05, 0.1) is 11.8 Å². The van der Waals surface area contributed by atoms with Crippen LogP contribution in [0.1, 0.15) is 21.5 Å². The van der Waals surface area contributed by atoms with Crippen molar-refractivity contribution in [2.75, 3.05) is 0 Å². The van der Waals surface area contributed by atoms with Crippen LogP contribution in [0.5, 0.6) is 5.75 Å². The summed E-state index contributed by atoms with van der Waals surface area (Å²) in [5, 5.41) is 6.88. The fraction of sp³-hybridized carbons (Fsp3) is 0.0435. The Balaban J connectivity index is 1.38. The maximum atomic E-state index is 12.4. The number of rotatable bonds is 6. The van der Waals surface area contributed by atoms with Gasteiger partial charge in [-0.3, -0.25) is 4.79 Å². The van der Waals surface area contributed by atoms with Crippen LogP contribution in [0.4, 0.5) is 0 Å². The van der Waals surface area contributed by atoms with Crippen LogP contribution in [0, 0.1) is 0 Å². The maximum Gasteiger partial charge on any atom is 0.272 e. The van der Waals surface area contributed by atoms with Gasteiger partial charge >= 0.3 is 0 Å². The molecule has 3 aromatic carbocycles. The number of amides is 1. The lowest BCUT2D eigenvalue weighted by atomic mass is 10.2. The van der Waals surface area contributed by atoms with Gasteiger partial charge in [0.25, 0.3) is 5.91 Å². The van der Waals surface area contributed by atoms with Gasteiger partial charge in [-0.15, -0.1) is 11.3 Å². The predicted molar refractivity (Wildman–Crippen MR) is 114 cm³/mol. The molecule has 0 atom stereocenters. The Labute approximate surface area is 167 Å². The summed E-state index contributed by atoms with van der Waals surface area (Å²) in [5.41, 5.74) is 5.19. The highest BCUT2D eigenvalue weighted by Crippen LogP contribution is 2.25. The van der Waals surface area contributed by atoms with E-state index in [0.717, 1.165) is 27.0 Å². The monoisotopic (exact) mass is 386 g/mol. The maximum absolute atomic E-state index is 12.4. The van der Waals surface area contributed by atoms with Crippen LogP contribution in [0.3, 0.4) is 0 Å². The average molecular weight is 386 g/mol. The molecule has 0 fully saturated rings. The Kier molecular flexibility index (Phi) is 5.45. The summed E-state index contributed by atoms with van der Waals surface area (Å²) in [5.74, 6) is 0.535. The number of carbonyl (C=O) groups excluding carboxylic acids is 1. The zero-order valence-corrected chi connectivity index (χ0v) is 15.9. The molecule has 0 bridgehead atoms. The molecule has 4 aromatic rings. The van der Waals surface area contributed by atoms with Crippen LogP contribution < -0.4 is 10.2 Å². The predicted octanol–water partition coefficient (Wildman–Crippen LogP) is 5.24.